The van der Waals surface area contributed by atoms with Crippen molar-refractivity contribution in [3.05, 3.63) is 0 Å². The summed E-state index contributed by atoms with van der Waals surface area (Å²) in [7, 11) is 0. The lowest BCUT2D eigenvalue weighted by molar-refractivity contribution is -0.382. The molecule has 0 unspecified atom stereocenters. The van der Waals surface area contributed by atoms with Gasteiger partial charge in [0, 0.05) is 13.8 Å². The molecule has 5 aliphatic heterocycles. The first-order valence-electron chi connectivity index (χ1n) is 19.3. The number of hydrogen-bond donors (Lipinski definition) is 15. The number of carbonyl (C=O) groups is 2. The van der Waals surface area contributed by atoms with Crippen molar-refractivity contribution in [1.29, 1.82) is 0 Å². The van der Waals surface area contributed by atoms with Crippen LogP contribution in [0, 0.1) is 0 Å². The zero-order chi connectivity index (χ0) is 44.5. The largest absolute Gasteiger partial charge is 0.394 e. The zero-order valence-electron chi connectivity index (χ0n) is 32.9. The second-order valence-corrected chi connectivity index (χ2v) is 15.4. The van der Waals surface area contributed by atoms with Crippen molar-refractivity contribution in [3.8, 4) is 0 Å². The molecule has 0 radical (unpaired) electrons. The van der Waals surface area contributed by atoms with Crippen LogP contribution in [0.25, 0.3) is 0 Å². The van der Waals surface area contributed by atoms with Crippen LogP contribution in [0.1, 0.15) is 27.7 Å². The molecule has 5 saturated heterocycles. The first-order valence-corrected chi connectivity index (χ1v) is 19.3. The summed E-state index contributed by atoms with van der Waals surface area (Å²) in [4.78, 5) is 24.4. The van der Waals surface area contributed by atoms with Gasteiger partial charge in [-0.2, -0.15) is 0 Å². The van der Waals surface area contributed by atoms with E-state index >= 15 is 0 Å². The summed E-state index contributed by atoms with van der Waals surface area (Å²) in [5.74, 6) is -1.43. The van der Waals surface area contributed by atoms with Gasteiger partial charge in [0.25, 0.3) is 0 Å². The average molecular weight is 879 g/mol. The second kappa shape index (κ2) is 20.7. The van der Waals surface area contributed by atoms with Crippen LogP contribution in [0.5, 0.6) is 0 Å². The molecular formula is C34H58N2O24. The van der Waals surface area contributed by atoms with Gasteiger partial charge in [-0.1, -0.05) is 0 Å². The highest BCUT2D eigenvalue weighted by Gasteiger charge is 2.56. The third kappa shape index (κ3) is 10.4. The fourth-order valence-electron chi connectivity index (χ4n) is 7.71. The monoisotopic (exact) mass is 878 g/mol. The minimum absolute atomic E-state index is 0.670. The summed E-state index contributed by atoms with van der Waals surface area (Å²) in [5, 5.41) is 143. The van der Waals surface area contributed by atoms with Gasteiger partial charge in [0.1, 0.15) is 110 Å². The van der Waals surface area contributed by atoms with Crippen LogP contribution >= 0.6 is 0 Å². The van der Waals surface area contributed by atoms with Crippen LogP contribution in [-0.2, 0) is 52.2 Å². The maximum atomic E-state index is 12.4. The summed E-state index contributed by atoms with van der Waals surface area (Å²) in [6.45, 7) is 2.36. The number of hydrogen-bond acceptors (Lipinski definition) is 24. The Morgan fingerprint density at radius 1 is 0.433 bits per heavy atom. The minimum Gasteiger partial charge on any atom is -0.394 e. The van der Waals surface area contributed by atoms with Gasteiger partial charge in [-0.05, 0) is 13.8 Å². The number of rotatable bonds is 13. The topological polar surface area (TPSA) is 404 Å². The minimum atomic E-state index is -1.98. The Morgan fingerprint density at radius 3 is 1.35 bits per heavy atom. The summed E-state index contributed by atoms with van der Waals surface area (Å²) in [6.07, 6.45) is -38.9. The molecule has 0 aliphatic carbocycles. The highest BCUT2D eigenvalue weighted by Crippen LogP contribution is 2.35. The Kier molecular flexibility index (Phi) is 16.9. The number of carbonyl (C=O) groups excluding carboxylic acids is 2. The molecule has 5 fully saturated rings. The predicted molar refractivity (Wildman–Crippen MR) is 187 cm³/mol. The number of aliphatic hydroxyl groups excluding tert-OH is 13. The molecule has 0 spiro atoms. The molecule has 5 heterocycles. The maximum absolute atomic E-state index is 12.4. The molecule has 60 heavy (non-hydrogen) atoms. The van der Waals surface area contributed by atoms with Crippen LogP contribution in [0.3, 0.4) is 0 Å². The Morgan fingerprint density at radius 2 is 0.850 bits per heavy atom. The molecule has 26 nitrogen and oxygen atoms in total. The number of nitrogens with one attached hydrogen (secondary N) is 2. The lowest BCUT2D eigenvalue weighted by atomic mass is 9.94. The second-order valence-electron chi connectivity index (χ2n) is 15.4. The first-order chi connectivity index (χ1) is 28.2. The summed E-state index contributed by atoms with van der Waals surface area (Å²) in [6, 6.07) is -3.08. The van der Waals surface area contributed by atoms with Crippen molar-refractivity contribution in [1.82, 2.24) is 10.6 Å². The Hall–Kier alpha value is -1.94. The maximum Gasteiger partial charge on any atom is 0.217 e. The van der Waals surface area contributed by atoms with E-state index in [1.165, 1.54) is 13.8 Å². The fraction of sp³-hybridized carbons (Fsp3) is 0.941. The van der Waals surface area contributed by atoms with Crippen molar-refractivity contribution in [2.75, 3.05) is 19.8 Å². The van der Waals surface area contributed by atoms with Gasteiger partial charge in [-0.15, -0.1) is 0 Å². The summed E-state index contributed by atoms with van der Waals surface area (Å²) >= 11 is 0. The van der Waals surface area contributed by atoms with Gasteiger partial charge in [-0.3, -0.25) is 9.59 Å². The van der Waals surface area contributed by atoms with Crippen LogP contribution in [-0.4, -0.2) is 251 Å². The van der Waals surface area contributed by atoms with E-state index in [0.717, 1.165) is 13.8 Å². The molecule has 15 N–H and O–H groups in total. The fourth-order valence-corrected chi connectivity index (χ4v) is 7.71. The molecule has 0 saturated carbocycles. The highest BCUT2D eigenvalue weighted by atomic mass is 16.8. The number of ether oxygens (including phenoxy) is 9. The van der Waals surface area contributed by atoms with Gasteiger partial charge in [0.15, 0.2) is 31.5 Å². The molecule has 5 aliphatic rings. The van der Waals surface area contributed by atoms with Crippen LogP contribution in [0.15, 0.2) is 0 Å². The van der Waals surface area contributed by atoms with Crippen molar-refractivity contribution in [2.24, 2.45) is 0 Å². The van der Waals surface area contributed by atoms with Crippen LogP contribution in [0.4, 0.5) is 0 Å². The van der Waals surface area contributed by atoms with E-state index in [4.69, 9.17) is 42.6 Å². The van der Waals surface area contributed by atoms with E-state index in [2.05, 4.69) is 10.6 Å². The van der Waals surface area contributed by atoms with Gasteiger partial charge in [0.05, 0.1) is 32.0 Å². The number of aliphatic hydroxyl groups is 13. The van der Waals surface area contributed by atoms with Gasteiger partial charge in [0.2, 0.25) is 11.8 Å². The van der Waals surface area contributed by atoms with E-state index in [9.17, 15) is 76.0 Å². The van der Waals surface area contributed by atoms with E-state index < -0.39 is 185 Å². The summed E-state index contributed by atoms with van der Waals surface area (Å²) in [5.41, 5.74) is 0. The normalized spacial score (nSPS) is 50.2. The molecule has 0 aromatic heterocycles. The van der Waals surface area contributed by atoms with E-state index in [-0.39, 0.29) is 0 Å². The molecule has 348 valence electrons. The molecule has 2 amide bonds. The van der Waals surface area contributed by atoms with Gasteiger partial charge in [-0.25, -0.2) is 0 Å². The predicted octanol–water partition coefficient (Wildman–Crippen LogP) is -9.58. The highest BCUT2D eigenvalue weighted by molar-refractivity contribution is 5.73. The van der Waals surface area contributed by atoms with Crippen molar-refractivity contribution in [2.45, 2.75) is 181 Å². The van der Waals surface area contributed by atoms with Crippen molar-refractivity contribution >= 4 is 11.8 Å². The Bertz CT molecular complexity index is 1400. The molecule has 0 aromatic carbocycles. The quantitative estimate of drug-likeness (QED) is 0.0817. The van der Waals surface area contributed by atoms with E-state index in [1.54, 1.807) is 0 Å². The molecule has 26 heteroatoms. The average Bonchev–Trinajstić information content (AvgIpc) is 3.20. The molecule has 0 bridgehead atoms. The van der Waals surface area contributed by atoms with Crippen molar-refractivity contribution < 1.29 is 119 Å². The standard InChI is InChI=1S/C34H58N2O24/c1-8-17(42)28(24(49)34(53-8)58-27-16(36-11(4)41)30(51)54-13(6-38)20(27)45)59-31-15(35-10(3)40)21(46)26(14(7-39)56-31)57-33-25(50)29(18(43)9(2)52-33)60-32-23(48)22(47)19(44)12(5-37)55-32/h8-9,12-34,37-39,42-51H,5-7H2,1-4H3,(H,35,40)(H,36,41)/t8-,9-,12+,13+,14+,15+,16+,17+,18+,19-,20+,21+,22-,23+,24-,25-,26+,27+,28+,29+,30+,31-,32+,33-,34-/m0/s1. The Balaban J connectivity index is 1.34. The van der Waals surface area contributed by atoms with Crippen molar-refractivity contribution in [3.63, 3.8) is 0 Å². The number of amides is 2. The van der Waals surface area contributed by atoms with E-state index in [0.29, 0.717) is 0 Å². The lowest BCUT2D eigenvalue weighted by Crippen LogP contribution is -2.70. The molecular weight excluding hydrogens is 820 g/mol. The third-order valence-electron chi connectivity index (χ3n) is 11.0. The zero-order valence-corrected chi connectivity index (χ0v) is 32.9. The Labute approximate surface area is 342 Å². The van der Waals surface area contributed by atoms with Gasteiger partial charge >= 0.3 is 0 Å². The molecule has 0 aromatic rings. The third-order valence-corrected chi connectivity index (χ3v) is 11.0. The van der Waals surface area contributed by atoms with Crippen LogP contribution in [0.2, 0.25) is 0 Å². The molecule has 5 rings (SSSR count). The van der Waals surface area contributed by atoms with Gasteiger partial charge < -0.3 is 120 Å². The SMILES string of the molecule is CC(=O)N[C@@H]1[C@@H](O[C@@H]2O[C@@H](C)[C@@H](O)[C@@H](O[C@@H]3O[C@H](CO)[C@@H](O[C@@H]4O[C@@H](C)[C@@H](O)[C@@H](O[C@H]5O[C@H](CO)[C@H](O)[C@H](O)[C@H]5O)[C@@H]4O)[C@H](O)[C@H]3NC(C)=O)[C@@H]2O)[C@H](O)[C@@H](CO)O[C@H]1O. The van der Waals surface area contributed by atoms with E-state index in [1.807, 2.05) is 0 Å². The summed E-state index contributed by atoms with van der Waals surface area (Å²) < 4.78 is 51.1. The first kappa shape index (κ1) is 49.1. The smallest absolute Gasteiger partial charge is 0.217 e. The van der Waals surface area contributed by atoms with Crippen LogP contribution < -0.4 is 10.6 Å². The lowest BCUT2D eigenvalue weighted by Gasteiger charge is -2.50. The molecule has 25 atom stereocenters.